The molecule has 0 radical (unpaired) electrons. The molecule has 5 heteroatoms. The zero-order chi connectivity index (χ0) is 15.8. The van der Waals surface area contributed by atoms with Crippen LogP contribution in [0.25, 0.3) is 0 Å². The van der Waals surface area contributed by atoms with Gasteiger partial charge in [0, 0.05) is 25.5 Å². The van der Waals surface area contributed by atoms with Crippen molar-refractivity contribution < 1.29 is 9.53 Å². The van der Waals surface area contributed by atoms with Crippen LogP contribution in [0.4, 0.5) is 4.79 Å². The van der Waals surface area contributed by atoms with E-state index in [0.717, 1.165) is 23.3 Å². The molecule has 0 aliphatic carbocycles. The second kappa shape index (κ2) is 8.02. The predicted molar refractivity (Wildman–Crippen MR) is 85.9 cm³/mol. The topological polar surface area (TPSA) is 63.2 Å². The molecule has 0 atom stereocenters. The summed E-state index contributed by atoms with van der Waals surface area (Å²) in [5.41, 5.74) is 3.29. The van der Waals surface area contributed by atoms with Gasteiger partial charge in [-0.05, 0) is 42.7 Å². The van der Waals surface area contributed by atoms with E-state index in [-0.39, 0.29) is 6.03 Å². The quantitative estimate of drug-likeness (QED) is 0.861. The summed E-state index contributed by atoms with van der Waals surface area (Å²) < 4.78 is 5.33. The van der Waals surface area contributed by atoms with Crippen LogP contribution in [0, 0.1) is 6.92 Å². The first kappa shape index (κ1) is 15.8. The van der Waals surface area contributed by atoms with E-state index in [1.807, 2.05) is 31.2 Å². The number of nitrogens with zero attached hydrogens (tertiary/aromatic N) is 1. The van der Waals surface area contributed by atoms with E-state index in [9.17, 15) is 4.79 Å². The number of amides is 2. The van der Waals surface area contributed by atoms with E-state index in [0.29, 0.717) is 13.1 Å². The van der Waals surface area contributed by atoms with Crippen LogP contribution in [0.1, 0.15) is 16.7 Å². The largest absolute Gasteiger partial charge is 0.496 e. The second-order valence-corrected chi connectivity index (χ2v) is 5.03. The monoisotopic (exact) mass is 299 g/mol. The molecule has 2 rings (SSSR count). The molecule has 2 amide bonds. The van der Waals surface area contributed by atoms with Crippen molar-refractivity contribution in [2.24, 2.45) is 0 Å². The average Bonchev–Trinajstić information content (AvgIpc) is 2.54. The van der Waals surface area contributed by atoms with E-state index < -0.39 is 0 Å². The van der Waals surface area contributed by atoms with Crippen LogP contribution in [0.2, 0.25) is 0 Å². The van der Waals surface area contributed by atoms with Crippen LogP contribution < -0.4 is 15.4 Å². The van der Waals surface area contributed by atoms with E-state index in [2.05, 4.69) is 21.7 Å². The van der Waals surface area contributed by atoms with Crippen molar-refractivity contribution in [1.82, 2.24) is 15.6 Å². The fraction of sp³-hybridized carbons (Fsp3) is 0.294. The van der Waals surface area contributed by atoms with Gasteiger partial charge in [0.15, 0.2) is 0 Å². The summed E-state index contributed by atoms with van der Waals surface area (Å²) in [6.07, 6.45) is 4.14. The Morgan fingerprint density at radius 3 is 2.68 bits per heavy atom. The SMILES string of the molecule is COc1ccc(C)cc1CCNC(=O)NCc1ccncc1. The van der Waals surface area contributed by atoms with Gasteiger partial charge >= 0.3 is 6.03 Å². The van der Waals surface area contributed by atoms with Gasteiger partial charge in [-0.25, -0.2) is 4.79 Å². The lowest BCUT2D eigenvalue weighted by molar-refractivity contribution is 0.240. The van der Waals surface area contributed by atoms with Crippen molar-refractivity contribution in [3.05, 3.63) is 59.4 Å². The fourth-order valence-corrected chi connectivity index (χ4v) is 2.16. The maximum Gasteiger partial charge on any atom is 0.315 e. The van der Waals surface area contributed by atoms with E-state index >= 15 is 0 Å². The smallest absolute Gasteiger partial charge is 0.315 e. The lowest BCUT2D eigenvalue weighted by Crippen LogP contribution is -2.36. The highest BCUT2D eigenvalue weighted by Gasteiger charge is 2.05. The second-order valence-electron chi connectivity index (χ2n) is 5.03. The van der Waals surface area contributed by atoms with E-state index in [4.69, 9.17) is 4.74 Å². The maximum absolute atomic E-state index is 11.8. The Kier molecular flexibility index (Phi) is 5.77. The van der Waals surface area contributed by atoms with Gasteiger partial charge in [-0.2, -0.15) is 0 Å². The molecule has 0 aliphatic heterocycles. The lowest BCUT2D eigenvalue weighted by atomic mass is 10.1. The molecule has 0 unspecified atom stereocenters. The minimum absolute atomic E-state index is 0.177. The predicted octanol–water partition coefficient (Wildman–Crippen LogP) is 2.44. The highest BCUT2D eigenvalue weighted by Crippen LogP contribution is 2.19. The van der Waals surface area contributed by atoms with Crippen molar-refractivity contribution in [2.45, 2.75) is 19.9 Å². The molecule has 0 bridgehead atoms. The first-order chi connectivity index (χ1) is 10.7. The van der Waals surface area contributed by atoms with Gasteiger partial charge in [0.05, 0.1) is 7.11 Å². The average molecular weight is 299 g/mol. The number of benzene rings is 1. The van der Waals surface area contributed by atoms with Gasteiger partial charge in [0.1, 0.15) is 5.75 Å². The summed E-state index contributed by atoms with van der Waals surface area (Å²) in [6, 6.07) is 9.61. The van der Waals surface area contributed by atoms with Crippen LogP contribution in [0.5, 0.6) is 5.75 Å². The molecule has 0 saturated carbocycles. The summed E-state index contributed by atoms with van der Waals surface area (Å²) >= 11 is 0. The van der Waals surface area contributed by atoms with E-state index in [1.165, 1.54) is 5.56 Å². The third-order valence-electron chi connectivity index (χ3n) is 3.32. The van der Waals surface area contributed by atoms with Crippen LogP contribution in [-0.2, 0) is 13.0 Å². The summed E-state index contributed by atoms with van der Waals surface area (Å²) in [5.74, 6) is 0.851. The number of pyridine rings is 1. The zero-order valence-corrected chi connectivity index (χ0v) is 12.9. The number of nitrogens with one attached hydrogen (secondary N) is 2. The van der Waals surface area contributed by atoms with Crippen molar-refractivity contribution in [2.75, 3.05) is 13.7 Å². The summed E-state index contributed by atoms with van der Waals surface area (Å²) in [6.45, 7) is 3.09. The number of methoxy groups -OCH3 is 1. The Morgan fingerprint density at radius 1 is 1.18 bits per heavy atom. The number of aromatic nitrogens is 1. The Labute approximate surface area is 130 Å². The third kappa shape index (κ3) is 4.77. The fourth-order valence-electron chi connectivity index (χ4n) is 2.16. The van der Waals surface area contributed by atoms with Gasteiger partial charge in [-0.1, -0.05) is 17.7 Å². The number of carbonyl (C=O) groups excluding carboxylic acids is 1. The molecular formula is C17H21N3O2. The molecular weight excluding hydrogens is 278 g/mol. The molecule has 2 aromatic rings. The Bertz CT molecular complexity index is 615. The van der Waals surface area contributed by atoms with Gasteiger partial charge in [0.2, 0.25) is 0 Å². The summed E-state index contributed by atoms with van der Waals surface area (Å²) in [5, 5.41) is 5.67. The van der Waals surface area contributed by atoms with Crippen molar-refractivity contribution in [3.63, 3.8) is 0 Å². The van der Waals surface area contributed by atoms with Gasteiger partial charge in [-0.15, -0.1) is 0 Å². The Hall–Kier alpha value is -2.56. The highest BCUT2D eigenvalue weighted by molar-refractivity contribution is 5.73. The van der Waals surface area contributed by atoms with Gasteiger partial charge < -0.3 is 15.4 Å². The third-order valence-corrected chi connectivity index (χ3v) is 3.32. The van der Waals surface area contributed by atoms with E-state index in [1.54, 1.807) is 19.5 Å². The van der Waals surface area contributed by atoms with Crippen LogP contribution in [0.15, 0.2) is 42.7 Å². The molecule has 116 valence electrons. The molecule has 0 aliphatic rings. The molecule has 0 saturated heterocycles. The number of carbonyl (C=O) groups is 1. The molecule has 2 N–H and O–H groups in total. The minimum atomic E-state index is -0.177. The zero-order valence-electron chi connectivity index (χ0n) is 12.9. The first-order valence-corrected chi connectivity index (χ1v) is 7.23. The summed E-state index contributed by atoms with van der Waals surface area (Å²) in [4.78, 5) is 15.7. The number of ether oxygens (including phenoxy) is 1. The van der Waals surface area contributed by atoms with Crippen molar-refractivity contribution in [1.29, 1.82) is 0 Å². The van der Waals surface area contributed by atoms with Crippen molar-refractivity contribution in [3.8, 4) is 5.75 Å². The summed E-state index contributed by atoms with van der Waals surface area (Å²) in [7, 11) is 1.66. The molecule has 1 aromatic heterocycles. The highest BCUT2D eigenvalue weighted by atomic mass is 16.5. The van der Waals surface area contributed by atoms with Gasteiger partial charge in [-0.3, -0.25) is 4.98 Å². The number of hydrogen-bond acceptors (Lipinski definition) is 3. The lowest BCUT2D eigenvalue weighted by Gasteiger charge is -2.11. The number of hydrogen-bond donors (Lipinski definition) is 2. The molecule has 5 nitrogen and oxygen atoms in total. The number of urea groups is 1. The molecule has 0 fully saturated rings. The normalized spacial score (nSPS) is 10.1. The standard InChI is InChI=1S/C17H21N3O2/c1-13-3-4-16(22-2)15(11-13)7-10-19-17(21)20-12-14-5-8-18-9-6-14/h3-6,8-9,11H,7,10,12H2,1-2H3,(H2,19,20,21). The Morgan fingerprint density at radius 2 is 1.95 bits per heavy atom. The van der Waals surface area contributed by atoms with Gasteiger partial charge in [0.25, 0.3) is 0 Å². The van der Waals surface area contributed by atoms with Crippen LogP contribution >= 0.6 is 0 Å². The molecule has 22 heavy (non-hydrogen) atoms. The minimum Gasteiger partial charge on any atom is -0.496 e. The first-order valence-electron chi connectivity index (χ1n) is 7.23. The van der Waals surface area contributed by atoms with Crippen LogP contribution in [-0.4, -0.2) is 24.7 Å². The Balaban J connectivity index is 1.76. The number of aryl methyl sites for hydroxylation is 1. The number of rotatable bonds is 6. The maximum atomic E-state index is 11.8. The van der Waals surface area contributed by atoms with Crippen molar-refractivity contribution >= 4 is 6.03 Å². The molecule has 0 spiro atoms. The van der Waals surface area contributed by atoms with Crippen LogP contribution in [0.3, 0.4) is 0 Å². The molecule has 1 aromatic carbocycles. The molecule has 1 heterocycles.